The molecule has 1 fully saturated rings. The van der Waals surface area contributed by atoms with Gasteiger partial charge in [-0.15, -0.1) is 0 Å². The van der Waals surface area contributed by atoms with E-state index >= 15 is 0 Å². The van der Waals surface area contributed by atoms with E-state index in [1.54, 1.807) is 24.3 Å². The first-order valence-corrected chi connectivity index (χ1v) is 11.9. The van der Waals surface area contributed by atoms with Crippen LogP contribution in [0.5, 0.6) is 0 Å². The smallest absolute Gasteiger partial charge is 0.355 e. The third-order valence-corrected chi connectivity index (χ3v) is 6.76. The first-order chi connectivity index (χ1) is 15.8. The van der Waals surface area contributed by atoms with Crippen LogP contribution in [0.3, 0.4) is 0 Å². The molecule has 2 aromatic carbocycles. The Labute approximate surface area is 193 Å². The largest absolute Gasteiger partial charge is 0.416 e. The van der Waals surface area contributed by atoms with Crippen LogP contribution in [-0.4, -0.2) is 27.8 Å². The molecule has 1 heterocycles. The Balaban J connectivity index is 1.62. The summed E-state index contributed by atoms with van der Waals surface area (Å²) in [5, 5.41) is 3.40. The first-order valence-electron chi connectivity index (χ1n) is 10.9. The number of halogens is 3. The van der Waals surface area contributed by atoms with Crippen molar-refractivity contribution in [2.45, 2.75) is 43.4 Å². The van der Waals surface area contributed by atoms with Crippen LogP contribution in [0.15, 0.2) is 58.5 Å². The molecule has 9 heteroatoms. The molecule has 0 unspecified atom stereocenters. The van der Waals surface area contributed by atoms with Gasteiger partial charge in [-0.1, -0.05) is 49.2 Å². The van der Waals surface area contributed by atoms with Gasteiger partial charge >= 0.3 is 6.18 Å². The molecule has 1 N–H and O–H groups in total. The van der Waals surface area contributed by atoms with E-state index in [-0.39, 0.29) is 22.5 Å². The molecule has 1 aliphatic carbocycles. The molecule has 0 radical (unpaired) electrons. The molecule has 4 rings (SSSR count). The predicted molar refractivity (Wildman–Crippen MR) is 123 cm³/mol. The van der Waals surface area contributed by atoms with Crippen molar-refractivity contribution in [1.82, 2.24) is 14.9 Å². The summed E-state index contributed by atoms with van der Waals surface area (Å²) in [6.07, 6.45) is 1.26. The van der Waals surface area contributed by atoms with Crippen LogP contribution in [0.1, 0.15) is 37.7 Å². The van der Waals surface area contributed by atoms with Crippen molar-refractivity contribution in [2.24, 2.45) is 5.92 Å². The van der Waals surface area contributed by atoms with Crippen LogP contribution in [0, 0.1) is 5.92 Å². The molecule has 0 spiro atoms. The monoisotopic (exact) mass is 475 g/mol. The number of amides is 1. The van der Waals surface area contributed by atoms with E-state index in [1.807, 2.05) is 0 Å². The van der Waals surface area contributed by atoms with E-state index in [1.165, 1.54) is 31.4 Å². The van der Waals surface area contributed by atoms with Crippen molar-refractivity contribution in [1.29, 1.82) is 0 Å². The fourth-order valence-corrected chi connectivity index (χ4v) is 4.93. The van der Waals surface area contributed by atoms with Gasteiger partial charge in [0.2, 0.25) is 5.91 Å². The molecule has 0 atom stereocenters. The average Bonchev–Trinajstić information content (AvgIpc) is 2.82. The lowest BCUT2D eigenvalue weighted by molar-refractivity contribution is -0.137. The van der Waals surface area contributed by atoms with Crippen LogP contribution >= 0.6 is 11.8 Å². The Morgan fingerprint density at radius 3 is 2.61 bits per heavy atom. The van der Waals surface area contributed by atoms with Gasteiger partial charge in [-0.25, -0.2) is 4.98 Å². The summed E-state index contributed by atoms with van der Waals surface area (Å²) < 4.78 is 41.0. The maximum Gasteiger partial charge on any atom is 0.416 e. The average molecular weight is 476 g/mol. The van der Waals surface area contributed by atoms with Crippen molar-refractivity contribution >= 4 is 28.6 Å². The van der Waals surface area contributed by atoms with E-state index in [2.05, 4.69) is 10.3 Å². The van der Waals surface area contributed by atoms with Crippen LogP contribution in [0.4, 0.5) is 13.2 Å². The number of rotatable bonds is 6. The number of benzene rings is 2. The molecule has 33 heavy (non-hydrogen) atoms. The molecule has 1 amide bonds. The highest BCUT2D eigenvalue weighted by molar-refractivity contribution is 7.99. The van der Waals surface area contributed by atoms with E-state index < -0.39 is 17.3 Å². The quantitative estimate of drug-likeness (QED) is 0.394. The lowest BCUT2D eigenvalue weighted by atomic mass is 9.89. The van der Waals surface area contributed by atoms with Crippen LogP contribution in [0.2, 0.25) is 0 Å². The Morgan fingerprint density at radius 2 is 1.85 bits per heavy atom. The molecule has 1 aromatic heterocycles. The van der Waals surface area contributed by atoms with E-state index in [9.17, 15) is 22.8 Å². The number of thioether (sulfide) groups is 1. The van der Waals surface area contributed by atoms with Gasteiger partial charge in [-0.2, -0.15) is 13.2 Å². The zero-order valence-electron chi connectivity index (χ0n) is 17.9. The van der Waals surface area contributed by atoms with Gasteiger partial charge in [0.15, 0.2) is 5.16 Å². The number of hydrogen-bond donors (Lipinski definition) is 1. The van der Waals surface area contributed by atoms with Gasteiger partial charge < -0.3 is 5.32 Å². The summed E-state index contributed by atoms with van der Waals surface area (Å²) in [6, 6.07) is 11.2. The van der Waals surface area contributed by atoms with Crippen LogP contribution < -0.4 is 10.9 Å². The minimum Gasteiger partial charge on any atom is -0.355 e. The Hall–Kier alpha value is -2.81. The molecule has 5 nitrogen and oxygen atoms in total. The summed E-state index contributed by atoms with van der Waals surface area (Å²) in [4.78, 5) is 30.2. The zero-order chi connectivity index (χ0) is 23.4. The lowest BCUT2D eigenvalue weighted by Gasteiger charge is -2.21. The highest BCUT2D eigenvalue weighted by atomic mass is 32.2. The zero-order valence-corrected chi connectivity index (χ0v) is 18.7. The minimum atomic E-state index is -4.55. The SMILES string of the molecule is O=C(CSc1nc2ccccc2c(=O)n1-c1cccc(C(F)(F)F)c1)NCC1CCCCC1. The first kappa shape index (κ1) is 23.4. The Morgan fingerprint density at radius 1 is 1.09 bits per heavy atom. The van der Waals surface area contributed by atoms with Gasteiger partial charge in [0, 0.05) is 6.54 Å². The molecular weight excluding hydrogens is 451 g/mol. The van der Waals surface area contributed by atoms with Crippen LogP contribution in [0.25, 0.3) is 16.6 Å². The Bertz CT molecular complexity index is 1200. The van der Waals surface area contributed by atoms with Gasteiger partial charge in [-0.05, 0) is 49.1 Å². The highest BCUT2D eigenvalue weighted by Gasteiger charge is 2.31. The maximum absolute atomic E-state index is 13.3. The predicted octanol–water partition coefficient (Wildman–Crippen LogP) is 5.19. The number of nitrogens with one attached hydrogen (secondary N) is 1. The molecule has 1 saturated carbocycles. The number of fused-ring (bicyclic) bond motifs is 1. The summed E-state index contributed by atoms with van der Waals surface area (Å²) >= 11 is 1.04. The molecule has 1 aliphatic rings. The van der Waals surface area contributed by atoms with Crippen molar-refractivity contribution in [2.75, 3.05) is 12.3 Å². The summed E-state index contributed by atoms with van der Waals surface area (Å²) in [5.41, 5.74) is -0.861. The number of carbonyl (C=O) groups is 1. The Kier molecular flexibility index (Phi) is 7.07. The van der Waals surface area contributed by atoms with Gasteiger partial charge in [0.05, 0.1) is 27.9 Å². The van der Waals surface area contributed by atoms with Crippen molar-refractivity contribution in [3.63, 3.8) is 0 Å². The van der Waals surface area contributed by atoms with E-state index in [4.69, 9.17) is 0 Å². The normalized spacial score (nSPS) is 15.0. The fraction of sp³-hybridized carbons (Fsp3) is 0.375. The number of alkyl halides is 3. The standard InChI is InChI=1S/C24H24F3N3O2S/c25-24(26,27)17-9-6-10-18(13-17)30-22(32)19-11-4-5-12-20(19)29-23(30)33-15-21(31)28-14-16-7-2-1-3-8-16/h4-6,9-13,16H,1-3,7-8,14-15H2,(H,28,31). The van der Waals surface area contributed by atoms with Crippen LogP contribution in [-0.2, 0) is 11.0 Å². The summed E-state index contributed by atoms with van der Waals surface area (Å²) in [7, 11) is 0. The number of carbonyl (C=O) groups excluding carboxylic acids is 1. The fourth-order valence-electron chi connectivity index (χ4n) is 4.09. The topological polar surface area (TPSA) is 64.0 Å². The summed E-state index contributed by atoms with van der Waals surface area (Å²) in [5.74, 6) is 0.301. The highest BCUT2D eigenvalue weighted by Crippen LogP contribution is 2.31. The van der Waals surface area contributed by atoms with E-state index in [0.29, 0.717) is 23.4 Å². The number of para-hydroxylation sites is 1. The second-order valence-corrected chi connectivity index (χ2v) is 9.14. The maximum atomic E-state index is 13.3. The molecule has 0 bridgehead atoms. The number of nitrogens with zero attached hydrogens (tertiary/aromatic N) is 2. The molecular formula is C24H24F3N3O2S. The van der Waals surface area contributed by atoms with Crippen molar-refractivity contribution in [3.8, 4) is 5.69 Å². The van der Waals surface area contributed by atoms with Gasteiger partial charge in [0.1, 0.15) is 0 Å². The third-order valence-electron chi connectivity index (χ3n) is 5.82. The molecule has 3 aromatic rings. The van der Waals surface area contributed by atoms with Crippen molar-refractivity contribution in [3.05, 3.63) is 64.4 Å². The second kappa shape index (κ2) is 9.99. The summed E-state index contributed by atoms with van der Waals surface area (Å²) in [6.45, 7) is 0.616. The minimum absolute atomic E-state index is 0.0104. The van der Waals surface area contributed by atoms with Gasteiger partial charge in [-0.3, -0.25) is 14.2 Å². The van der Waals surface area contributed by atoms with E-state index in [0.717, 1.165) is 41.3 Å². The van der Waals surface area contributed by atoms with Crippen molar-refractivity contribution < 1.29 is 18.0 Å². The number of hydrogen-bond acceptors (Lipinski definition) is 4. The number of aromatic nitrogens is 2. The second-order valence-electron chi connectivity index (χ2n) is 8.20. The van der Waals surface area contributed by atoms with Gasteiger partial charge in [0.25, 0.3) is 5.56 Å². The lowest BCUT2D eigenvalue weighted by Crippen LogP contribution is -2.31. The third kappa shape index (κ3) is 5.58. The molecule has 0 aliphatic heterocycles. The molecule has 0 saturated heterocycles. The molecule has 174 valence electrons.